The van der Waals surface area contributed by atoms with Crippen molar-refractivity contribution in [3.63, 3.8) is 0 Å². The van der Waals surface area contributed by atoms with Gasteiger partial charge in [0.1, 0.15) is 11.3 Å². The summed E-state index contributed by atoms with van der Waals surface area (Å²) in [5, 5.41) is 10.7. The maximum absolute atomic E-state index is 11.5. The first kappa shape index (κ1) is 23.5. The third-order valence-corrected chi connectivity index (χ3v) is 5.02. The van der Waals surface area contributed by atoms with Crippen LogP contribution in [0, 0.1) is 0 Å². The van der Waals surface area contributed by atoms with Crippen LogP contribution in [0.4, 0.5) is 0 Å². The van der Waals surface area contributed by atoms with Crippen LogP contribution < -0.4 is 16.0 Å². The monoisotopic (exact) mass is 513 g/mol. The minimum Gasteiger partial charge on any atom is -0.461 e. The molecule has 0 spiro atoms. The fourth-order valence-electron chi connectivity index (χ4n) is 3.47. The molecule has 0 bridgehead atoms. The summed E-state index contributed by atoms with van der Waals surface area (Å²) in [4.78, 5) is 18.4. The molecule has 0 saturated carbocycles. The zero-order chi connectivity index (χ0) is 19.8. The van der Waals surface area contributed by atoms with Crippen molar-refractivity contribution in [2.45, 2.75) is 32.2 Å². The Hall–Kier alpha value is -1.81. The van der Waals surface area contributed by atoms with Gasteiger partial charge in [0, 0.05) is 51.1 Å². The molecule has 1 saturated heterocycles. The van der Waals surface area contributed by atoms with Gasteiger partial charge in [-0.2, -0.15) is 0 Å². The molecule has 1 fully saturated rings. The van der Waals surface area contributed by atoms with E-state index in [1.54, 1.807) is 7.05 Å². The van der Waals surface area contributed by atoms with Gasteiger partial charge in [0.05, 0.1) is 6.54 Å². The number of piperidine rings is 1. The molecule has 2 aromatic rings. The second-order valence-electron chi connectivity index (χ2n) is 7.13. The van der Waals surface area contributed by atoms with E-state index in [-0.39, 0.29) is 29.9 Å². The van der Waals surface area contributed by atoms with Gasteiger partial charge in [-0.3, -0.25) is 14.7 Å². The number of carbonyl (C=O) groups is 1. The first-order valence-electron chi connectivity index (χ1n) is 10.1. The molecule has 29 heavy (non-hydrogen) atoms. The quantitative estimate of drug-likeness (QED) is 0.301. The highest BCUT2D eigenvalue weighted by atomic mass is 127. The fourth-order valence-corrected chi connectivity index (χ4v) is 3.47. The van der Waals surface area contributed by atoms with Crippen molar-refractivity contribution in [3.8, 4) is 0 Å². The Morgan fingerprint density at radius 3 is 2.72 bits per heavy atom. The first-order chi connectivity index (χ1) is 13.7. The SMILES string of the molecule is CCNC(=NCCc1cc2ccccc2o1)NC1CCN(CC(=O)NC)CC1.I. The fraction of sp³-hybridized carbons (Fsp3) is 0.524. The number of para-hydroxylation sites is 1. The molecule has 160 valence electrons. The zero-order valence-corrected chi connectivity index (χ0v) is 19.6. The molecule has 1 aromatic carbocycles. The Morgan fingerprint density at radius 1 is 1.28 bits per heavy atom. The van der Waals surface area contributed by atoms with Gasteiger partial charge < -0.3 is 20.4 Å². The molecule has 0 atom stereocenters. The number of hydrogen-bond donors (Lipinski definition) is 3. The van der Waals surface area contributed by atoms with E-state index in [2.05, 4.69) is 39.9 Å². The number of guanidine groups is 1. The van der Waals surface area contributed by atoms with Crippen LogP contribution in [0.3, 0.4) is 0 Å². The molecule has 3 rings (SSSR count). The van der Waals surface area contributed by atoms with E-state index >= 15 is 0 Å². The summed E-state index contributed by atoms with van der Waals surface area (Å²) in [6.07, 6.45) is 2.78. The number of hydrogen-bond acceptors (Lipinski definition) is 4. The first-order valence-corrected chi connectivity index (χ1v) is 10.1. The number of aliphatic imine (C=N–C) groups is 1. The van der Waals surface area contributed by atoms with E-state index in [0.29, 0.717) is 19.1 Å². The molecule has 1 amide bonds. The minimum absolute atomic E-state index is 0. The molecule has 8 heteroatoms. The molecular weight excluding hydrogens is 481 g/mol. The lowest BCUT2D eigenvalue weighted by atomic mass is 10.1. The van der Waals surface area contributed by atoms with E-state index < -0.39 is 0 Å². The Bertz CT molecular complexity index is 766. The lowest BCUT2D eigenvalue weighted by Gasteiger charge is -2.32. The molecule has 1 aliphatic rings. The van der Waals surface area contributed by atoms with Crippen LogP contribution in [-0.4, -0.2) is 62.6 Å². The number of rotatable bonds is 7. The summed E-state index contributed by atoms with van der Waals surface area (Å²) < 4.78 is 5.86. The third-order valence-electron chi connectivity index (χ3n) is 5.02. The highest BCUT2D eigenvalue weighted by Gasteiger charge is 2.21. The van der Waals surface area contributed by atoms with Crippen LogP contribution in [-0.2, 0) is 11.2 Å². The normalized spacial score (nSPS) is 15.7. The molecule has 0 aliphatic carbocycles. The Balaban J connectivity index is 0.00000300. The van der Waals surface area contributed by atoms with Crippen molar-refractivity contribution >= 4 is 46.8 Å². The number of likely N-dealkylation sites (tertiary alicyclic amines) is 1. The lowest BCUT2D eigenvalue weighted by Crippen LogP contribution is -2.50. The average molecular weight is 513 g/mol. The predicted octanol–water partition coefficient (Wildman–Crippen LogP) is 2.36. The van der Waals surface area contributed by atoms with E-state index in [9.17, 15) is 4.79 Å². The van der Waals surface area contributed by atoms with Crippen molar-refractivity contribution in [2.24, 2.45) is 4.99 Å². The van der Waals surface area contributed by atoms with E-state index in [4.69, 9.17) is 9.41 Å². The Morgan fingerprint density at radius 2 is 2.03 bits per heavy atom. The van der Waals surface area contributed by atoms with Gasteiger partial charge in [0.15, 0.2) is 5.96 Å². The predicted molar refractivity (Wildman–Crippen MR) is 128 cm³/mol. The standard InChI is InChI=1S/C21H31N5O2.HI/c1-3-23-21(25-17-9-12-26(13-10-17)15-20(27)22-2)24-11-8-18-14-16-6-4-5-7-19(16)28-18;/h4-7,14,17H,3,8-13,15H2,1-2H3,(H,22,27)(H2,23,24,25);1H. The molecule has 0 radical (unpaired) electrons. The number of amides is 1. The van der Waals surface area contributed by atoms with Crippen LogP contribution in [0.1, 0.15) is 25.5 Å². The Labute approximate surface area is 189 Å². The average Bonchev–Trinajstić information content (AvgIpc) is 3.12. The highest BCUT2D eigenvalue weighted by Crippen LogP contribution is 2.19. The van der Waals surface area contributed by atoms with Gasteiger partial charge in [-0.15, -0.1) is 24.0 Å². The highest BCUT2D eigenvalue weighted by molar-refractivity contribution is 14.0. The topological polar surface area (TPSA) is 81.9 Å². The van der Waals surface area contributed by atoms with Crippen LogP contribution in [0.15, 0.2) is 39.7 Å². The summed E-state index contributed by atoms with van der Waals surface area (Å²) in [6, 6.07) is 10.5. The number of furan rings is 1. The van der Waals surface area contributed by atoms with E-state index in [1.165, 1.54) is 0 Å². The summed E-state index contributed by atoms with van der Waals surface area (Å²) in [5.41, 5.74) is 0.926. The molecule has 1 aromatic heterocycles. The number of fused-ring (bicyclic) bond motifs is 1. The smallest absolute Gasteiger partial charge is 0.233 e. The number of carbonyl (C=O) groups excluding carboxylic acids is 1. The number of likely N-dealkylation sites (N-methyl/N-ethyl adjacent to an activating group) is 1. The van der Waals surface area contributed by atoms with Gasteiger partial charge >= 0.3 is 0 Å². The van der Waals surface area contributed by atoms with Crippen molar-refractivity contribution in [3.05, 3.63) is 36.1 Å². The van der Waals surface area contributed by atoms with Crippen LogP contribution >= 0.6 is 24.0 Å². The maximum Gasteiger partial charge on any atom is 0.233 e. The van der Waals surface area contributed by atoms with Crippen molar-refractivity contribution in [1.29, 1.82) is 0 Å². The molecular formula is C21H32IN5O2. The molecule has 2 heterocycles. The van der Waals surface area contributed by atoms with Gasteiger partial charge in [-0.05, 0) is 31.9 Å². The van der Waals surface area contributed by atoms with Gasteiger partial charge in [-0.1, -0.05) is 18.2 Å². The molecule has 0 unspecified atom stereocenters. The molecule has 3 N–H and O–H groups in total. The summed E-state index contributed by atoms with van der Waals surface area (Å²) in [6.45, 7) is 5.89. The second kappa shape index (κ2) is 12.0. The molecule has 1 aliphatic heterocycles. The van der Waals surface area contributed by atoms with Crippen LogP contribution in [0.2, 0.25) is 0 Å². The van der Waals surface area contributed by atoms with E-state index in [1.807, 2.05) is 18.2 Å². The largest absolute Gasteiger partial charge is 0.461 e. The Kier molecular flexibility index (Phi) is 9.72. The van der Waals surface area contributed by atoms with E-state index in [0.717, 1.165) is 61.6 Å². The van der Waals surface area contributed by atoms with Crippen LogP contribution in [0.25, 0.3) is 11.0 Å². The summed E-state index contributed by atoms with van der Waals surface area (Å²) >= 11 is 0. The summed E-state index contributed by atoms with van der Waals surface area (Å²) in [5.74, 6) is 1.89. The summed E-state index contributed by atoms with van der Waals surface area (Å²) in [7, 11) is 1.68. The zero-order valence-electron chi connectivity index (χ0n) is 17.2. The van der Waals surface area contributed by atoms with Gasteiger partial charge in [0.2, 0.25) is 5.91 Å². The van der Waals surface area contributed by atoms with Crippen molar-refractivity contribution in [2.75, 3.05) is 39.8 Å². The maximum atomic E-state index is 11.5. The third kappa shape index (κ3) is 7.18. The molecule has 7 nitrogen and oxygen atoms in total. The lowest BCUT2D eigenvalue weighted by molar-refractivity contribution is -0.122. The second-order valence-corrected chi connectivity index (χ2v) is 7.13. The number of benzene rings is 1. The number of nitrogens with zero attached hydrogens (tertiary/aromatic N) is 2. The van der Waals surface area contributed by atoms with Gasteiger partial charge in [0.25, 0.3) is 0 Å². The minimum atomic E-state index is 0. The van der Waals surface area contributed by atoms with Crippen LogP contribution in [0.5, 0.6) is 0 Å². The number of halogens is 1. The van der Waals surface area contributed by atoms with Gasteiger partial charge in [-0.25, -0.2) is 0 Å². The van der Waals surface area contributed by atoms with Crippen molar-refractivity contribution < 1.29 is 9.21 Å². The van der Waals surface area contributed by atoms with Crippen molar-refractivity contribution in [1.82, 2.24) is 20.9 Å². The number of nitrogens with one attached hydrogen (secondary N) is 3.